The summed E-state index contributed by atoms with van der Waals surface area (Å²) < 4.78 is 5.49. The van der Waals surface area contributed by atoms with E-state index >= 15 is 0 Å². The number of benzene rings is 1. The van der Waals surface area contributed by atoms with Crippen LogP contribution in [0.3, 0.4) is 0 Å². The van der Waals surface area contributed by atoms with E-state index in [0.29, 0.717) is 30.8 Å². The number of fused-ring (bicyclic) bond motifs is 1. The Morgan fingerprint density at radius 1 is 1.32 bits per heavy atom. The molecule has 28 heavy (non-hydrogen) atoms. The summed E-state index contributed by atoms with van der Waals surface area (Å²) >= 11 is 0. The van der Waals surface area contributed by atoms with Gasteiger partial charge in [-0.25, -0.2) is 0 Å². The normalized spacial score (nSPS) is 22.5. The molecule has 2 aromatic rings. The van der Waals surface area contributed by atoms with E-state index in [0.717, 1.165) is 36.8 Å². The third kappa shape index (κ3) is 3.60. The van der Waals surface area contributed by atoms with Crippen molar-refractivity contribution >= 4 is 22.8 Å². The number of likely N-dealkylation sites (tertiary alicyclic amines) is 2. The Balaban J connectivity index is 1.34. The molecule has 2 atom stereocenters. The van der Waals surface area contributed by atoms with Gasteiger partial charge < -0.3 is 14.6 Å². The van der Waals surface area contributed by atoms with Crippen molar-refractivity contribution in [2.75, 3.05) is 26.2 Å². The lowest BCUT2D eigenvalue weighted by Crippen LogP contribution is -2.43. The molecule has 0 unspecified atom stereocenters. The van der Waals surface area contributed by atoms with Crippen LogP contribution in [0, 0.1) is 18.3 Å². The largest absolute Gasteiger partial charge is 0.463 e. The molecule has 0 bridgehead atoms. The minimum Gasteiger partial charge on any atom is -0.463 e. The average Bonchev–Trinajstić information content (AvgIpc) is 3.40. The maximum atomic E-state index is 12.7. The summed E-state index contributed by atoms with van der Waals surface area (Å²) in [6.07, 6.45) is 3.96. The number of aryl methyl sites for hydroxylation is 1. The highest BCUT2D eigenvalue weighted by atomic mass is 16.3. The highest BCUT2D eigenvalue weighted by molar-refractivity contribution is 6.06. The van der Waals surface area contributed by atoms with Crippen molar-refractivity contribution in [2.45, 2.75) is 38.3 Å². The van der Waals surface area contributed by atoms with Gasteiger partial charge in [-0.15, -0.1) is 0 Å². The molecule has 0 aliphatic carbocycles. The first kappa shape index (κ1) is 18.5. The zero-order valence-corrected chi connectivity index (χ0v) is 16.0. The molecule has 2 saturated heterocycles. The molecule has 7 heteroatoms. The Labute approximate surface area is 163 Å². The lowest BCUT2D eigenvalue weighted by atomic mass is 10.1. The Morgan fingerprint density at radius 2 is 2.18 bits per heavy atom. The van der Waals surface area contributed by atoms with Crippen LogP contribution in [-0.2, 0) is 4.79 Å². The Morgan fingerprint density at radius 3 is 3.00 bits per heavy atom. The van der Waals surface area contributed by atoms with Gasteiger partial charge in [-0.05, 0) is 38.3 Å². The standard InChI is InChI=1S/C21H24N4O3/c1-14-4-5-19-17(9-14)18(13-28-19)21(27)23-15-6-8-24(11-15)12-20(26)25-7-2-3-16(25)10-22/h4-5,9,13,15-16H,2-3,6-8,11-12H2,1H3,(H,23,27)/t15-,16-/m0/s1. The van der Waals surface area contributed by atoms with Gasteiger partial charge in [-0.1, -0.05) is 11.6 Å². The first-order valence-electron chi connectivity index (χ1n) is 9.75. The van der Waals surface area contributed by atoms with Gasteiger partial charge in [0.05, 0.1) is 18.2 Å². The molecule has 146 valence electrons. The highest BCUT2D eigenvalue weighted by Crippen LogP contribution is 2.23. The molecule has 0 saturated carbocycles. The summed E-state index contributed by atoms with van der Waals surface area (Å²) in [5, 5.41) is 13.0. The van der Waals surface area contributed by atoms with E-state index in [1.165, 1.54) is 6.26 Å². The van der Waals surface area contributed by atoms with Crippen molar-refractivity contribution in [3.8, 4) is 6.07 Å². The maximum Gasteiger partial charge on any atom is 0.255 e. The first-order chi connectivity index (χ1) is 13.5. The molecule has 2 amide bonds. The van der Waals surface area contributed by atoms with Crippen LogP contribution in [0.2, 0.25) is 0 Å². The molecule has 2 aliphatic heterocycles. The first-order valence-corrected chi connectivity index (χ1v) is 9.75. The summed E-state index contributed by atoms with van der Waals surface area (Å²) in [7, 11) is 0. The van der Waals surface area contributed by atoms with Crippen LogP contribution >= 0.6 is 0 Å². The Kier molecular flexibility index (Phi) is 5.05. The minimum atomic E-state index is -0.288. The van der Waals surface area contributed by atoms with Crippen LogP contribution in [0.25, 0.3) is 11.0 Å². The van der Waals surface area contributed by atoms with Gasteiger partial charge in [0.1, 0.15) is 17.9 Å². The van der Waals surface area contributed by atoms with Crippen LogP contribution in [0.1, 0.15) is 35.2 Å². The monoisotopic (exact) mass is 380 g/mol. The second kappa shape index (κ2) is 7.64. The molecule has 1 N–H and O–H groups in total. The van der Waals surface area contributed by atoms with Crippen molar-refractivity contribution in [2.24, 2.45) is 0 Å². The van der Waals surface area contributed by atoms with Crippen molar-refractivity contribution in [3.05, 3.63) is 35.6 Å². The van der Waals surface area contributed by atoms with Gasteiger partial charge >= 0.3 is 0 Å². The number of nitriles is 1. The van der Waals surface area contributed by atoms with E-state index < -0.39 is 0 Å². The van der Waals surface area contributed by atoms with Crippen LogP contribution in [-0.4, -0.2) is 59.9 Å². The van der Waals surface area contributed by atoms with Crippen LogP contribution < -0.4 is 5.32 Å². The SMILES string of the molecule is Cc1ccc2occ(C(=O)N[C@H]3CCN(CC(=O)N4CCC[C@H]4C#N)C3)c2c1. The lowest BCUT2D eigenvalue weighted by molar-refractivity contribution is -0.132. The van der Waals surface area contributed by atoms with E-state index in [9.17, 15) is 9.59 Å². The predicted molar refractivity (Wildman–Crippen MR) is 104 cm³/mol. The smallest absolute Gasteiger partial charge is 0.255 e. The zero-order chi connectivity index (χ0) is 19.7. The van der Waals surface area contributed by atoms with Crippen molar-refractivity contribution in [3.63, 3.8) is 0 Å². The van der Waals surface area contributed by atoms with Gasteiger partial charge in [0.2, 0.25) is 5.91 Å². The molecule has 7 nitrogen and oxygen atoms in total. The number of furan rings is 1. The Hall–Kier alpha value is -2.85. The Bertz CT molecular complexity index is 945. The number of amides is 2. The molecule has 0 spiro atoms. The summed E-state index contributed by atoms with van der Waals surface area (Å²) in [6.45, 7) is 4.35. The minimum absolute atomic E-state index is 0.000371. The molecule has 1 aromatic heterocycles. The number of hydrogen-bond acceptors (Lipinski definition) is 5. The van der Waals surface area contributed by atoms with Crippen LogP contribution in [0.15, 0.2) is 28.9 Å². The topological polar surface area (TPSA) is 89.6 Å². The molecule has 2 aliphatic rings. The lowest BCUT2D eigenvalue weighted by Gasteiger charge is -2.23. The van der Waals surface area contributed by atoms with Crippen LogP contribution in [0.5, 0.6) is 0 Å². The second-order valence-corrected chi connectivity index (χ2v) is 7.72. The fraction of sp³-hybridized carbons (Fsp3) is 0.476. The second-order valence-electron chi connectivity index (χ2n) is 7.72. The molecule has 0 radical (unpaired) electrons. The quantitative estimate of drug-likeness (QED) is 0.877. The third-order valence-corrected chi connectivity index (χ3v) is 5.66. The van der Waals surface area contributed by atoms with E-state index in [1.807, 2.05) is 25.1 Å². The molecule has 2 fully saturated rings. The number of nitrogens with zero attached hydrogens (tertiary/aromatic N) is 3. The van der Waals surface area contributed by atoms with Crippen molar-refractivity contribution < 1.29 is 14.0 Å². The van der Waals surface area contributed by atoms with E-state index in [-0.39, 0.29) is 23.9 Å². The van der Waals surface area contributed by atoms with Gasteiger partial charge in [0, 0.05) is 31.1 Å². The molecular formula is C21H24N4O3. The van der Waals surface area contributed by atoms with Gasteiger partial charge in [0.15, 0.2) is 0 Å². The number of nitrogens with one attached hydrogen (secondary N) is 1. The van der Waals surface area contributed by atoms with E-state index in [1.54, 1.807) is 4.90 Å². The maximum absolute atomic E-state index is 12.7. The number of rotatable bonds is 4. The highest BCUT2D eigenvalue weighted by Gasteiger charge is 2.32. The fourth-order valence-electron chi connectivity index (χ4n) is 4.16. The molecule has 1 aromatic carbocycles. The van der Waals surface area contributed by atoms with Crippen LogP contribution in [0.4, 0.5) is 0 Å². The summed E-state index contributed by atoms with van der Waals surface area (Å²) in [4.78, 5) is 28.9. The zero-order valence-electron chi connectivity index (χ0n) is 16.0. The number of carbonyl (C=O) groups excluding carboxylic acids is 2. The molecule has 3 heterocycles. The van der Waals surface area contributed by atoms with Gasteiger partial charge in [0.25, 0.3) is 5.91 Å². The van der Waals surface area contributed by atoms with Gasteiger partial charge in [-0.3, -0.25) is 14.5 Å². The van der Waals surface area contributed by atoms with Crippen molar-refractivity contribution in [1.82, 2.24) is 15.1 Å². The molecule has 4 rings (SSSR count). The summed E-state index contributed by atoms with van der Waals surface area (Å²) in [5.74, 6) is -0.140. The number of carbonyl (C=O) groups is 2. The fourth-order valence-corrected chi connectivity index (χ4v) is 4.16. The van der Waals surface area contributed by atoms with E-state index in [2.05, 4.69) is 16.3 Å². The molecular weight excluding hydrogens is 356 g/mol. The van der Waals surface area contributed by atoms with Crippen molar-refractivity contribution in [1.29, 1.82) is 5.26 Å². The predicted octanol–water partition coefficient (Wildman–Crippen LogP) is 2.06. The third-order valence-electron chi connectivity index (χ3n) is 5.66. The van der Waals surface area contributed by atoms with Gasteiger partial charge in [-0.2, -0.15) is 5.26 Å². The van der Waals surface area contributed by atoms with E-state index in [4.69, 9.17) is 9.68 Å². The number of hydrogen-bond donors (Lipinski definition) is 1. The summed E-state index contributed by atoms with van der Waals surface area (Å²) in [5.41, 5.74) is 2.32. The summed E-state index contributed by atoms with van der Waals surface area (Å²) in [6, 6.07) is 7.70. The average molecular weight is 380 g/mol.